The van der Waals surface area contributed by atoms with Gasteiger partial charge in [0.15, 0.2) is 5.82 Å². The topological polar surface area (TPSA) is 84.7 Å². The molecule has 1 amide bonds. The van der Waals surface area contributed by atoms with E-state index in [-0.39, 0.29) is 5.75 Å². The molecule has 3 N–H and O–H groups in total. The number of hydrogen-bond donors (Lipinski definition) is 2. The number of carbonyl (C=O) groups excluding carboxylic acids is 1. The third-order valence-corrected chi connectivity index (χ3v) is 3.14. The predicted molar refractivity (Wildman–Crippen MR) is 66.7 cm³/mol. The van der Waals surface area contributed by atoms with Crippen LogP contribution in [0.2, 0.25) is 5.02 Å². The van der Waals surface area contributed by atoms with E-state index >= 15 is 0 Å². The maximum absolute atomic E-state index is 10.6. The summed E-state index contributed by atoms with van der Waals surface area (Å²) in [7, 11) is 0. The molecule has 0 aliphatic rings. The van der Waals surface area contributed by atoms with Gasteiger partial charge in [-0.2, -0.15) is 0 Å². The Morgan fingerprint density at radius 2 is 2.24 bits per heavy atom. The van der Waals surface area contributed by atoms with Crippen LogP contribution in [0, 0.1) is 0 Å². The molecule has 17 heavy (non-hydrogen) atoms. The number of halogens is 1. The molecule has 0 aliphatic heterocycles. The number of hydrogen-bond acceptors (Lipinski definition) is 4. The van der Waals surface area contributed by atoms with Gasteiger partial charge in [0.25, 0.3) is 0 Å². The highest BCUT2D eigenvalue weighted by molar-refractivity contribution is 7.99. The molecule has 0 spiro atoms. The van der Waals surface area contributed by atoms with Crippen LogP contribution in [-0.4, -0.2) is 26.8 Å². The van der Waals surface area contributed by atoms with E-state index in [9.17, 15) is 4.79 Å². The number of nitrogens with one attached hydrogen (secondary N) is 1. The summed E-state index contributed by atoms with van der Waals surface area (Å²) in [5.74, 6) is 0.321. The largest absolute Gasteiger partial charge is 0.369 e. The zero-order valence-corrected chi connectivity index (χ0v) is 10.3. The molecule has 0 saturated heterocycles. The molecule has 0 saturated carbocycles. The van der Waals surface area contributed by atoms with Crippen LogP contribution in [-0.2, 0) is 4.79 Å². The van der Waals surface area contributed by atoms with Crippen molar-refractivity contribution in [1.29, 1.82) is 0 Å². The molecule has 0 aliphatic carbocycles. The van der Waals surface area contributed by atoms with Gasteiger partial charge in [-0.25, -0.2) is 4.98 Å². The minimum Gasteiger partial charge on any atom is -0.369 e. The molecular weight excluding hydrogens is 260 g/mol. The molecule has 2 rings (SSSR count). The fourth-order valence-electron chi connectivity index (χ4n) is 1.22. The standard InChI is InChI=1S/C10H9ClN4OS/c11-7-4-2-1-3-6(7)9-13-10(15-14-9)17-5-8(12)16/h1-4H,5H2,(H2,12,16)(H,13,14,15). The summed E-state index contributed by atoms with van der Waals surface area (Å²) in [6, 6.07) is 7.31. The van der Waals surface area contributed by atoms with Crippen molar-refractivity contribution in [2.24, 2.45) is 5.73 Å². The Morgan fingerprint density at radius 1 is 1.47 bits per heavy atom. The molecule has 2 aromatic rings. The van der Waals surface area contributed by atoms with Gasteiger partial charge in [-0.15, -0.1) is 5.10 Å². The van der Waals surface area contributed by atoms with Crippen LogP contribution in [0.25, 0.3) is 11.4 Å². The fourth-order valence-corrected chi connectivity index (χ4v) is 1.98. The minimum atomic E-state index is -0.404. The molecule has 7 heteroatoms. The highest BCUT2D eigenvalue weighted by Crippen LogP contribution is 2.25. The highest BCUT2D eigenvalue weighted by atomic mass is 35.5. The molecule has 1 heterocycles. The smallest absolute Gasteiger partial charge is 0.227 e. The van der Waals surface area contributed by atoms with E-state index in [1.54, 1.807) is 6.07 Å². The van der Waals surface area contributed by atoms with Crippen molar-refractivity contribution in [2.45, 2.75) is 5.16 Å². The Kier molecular flexibility index (Phi) is 3.65. The zero-order valence-electron chi connectivity index (χ0n) is 8.68. The molecule has 5 nitrogen and oxygen atoms in total. The SMILES string of the molecule is NC(=O)CSc1n[nH]c(-c2ccccc2Cl)n1. The van der Waals surface area contributed by atoms with E-state index in [2.05, 4.69) is 15.2 Å². The third-order valence-electron chi connectivity index (χ3n) is 1.94. The number of nitrogens with zero attached hydrogens (tertiary/aromatic N) is 2. The minimum absolute atomic E-state index is 0.153. The zero-order chi connectivity index (χ0) is 12.3. The lowest BCUT2D eigenvalue weighted by Gasteiger charge is -1.97. The van der Waals surface area contributed by atoms with Gasteiger partial charge in [-0.05, 0) is 12.1 Å². The number of thioether (sulfide) groups is 1. The van der Waals surface area contributed by atoms with Crippen molar-refractivity contribution in [3.8, 4) is 11.4 Å². The third kappa shape index (κ3) is 2.98. The van der Waals surface area contributed by atoms with E-state index in [0.29, 0.717) is 16.0 Å². The Labute approximate surface area is 107 Å². The lowest BCUT2D eigenvalue weighted by Crippen LogP contribution is -2.13. The number of aromatic nitrogens is 3. The number of primary amides is 1. The van der Waals surface area contributed by atoms with Gasteiger partial charge in [0.2, 0.25) is 11.1 Å². The van der Waals surface area contributed by atoms with Crippen molar-refractivity contribution in [3.63, 3.8) is 0 Å². The average Bonchev–Trinajstić information content (AvgIpc) is 2.75. The number of aromatic amines is 1. The fraction of sp³-hybridized carbons (Fsp3) is 0.100. The van der Waals surface area contributed by atoms with Crippen molar-refractivity contribution >= 4 is 29.3 Å². The predicted octanol–water partition coefficient (Wildman–Crippen LogP) is 1.70. The normalized spacial score (nSPS) is 10.4. The van der Waals surface area contributed by atoms with E-state index in [1.165, 1.54) is 11.8 Å². The average molecular weight is 269 g/mol. The first-order valence-corrected chi connectivity index (χ1v) is 6.11. The van der Waals surface area contributed by atoms with Crippen LogP contribution < -0.4 is 5.73 Å². The van der Waals surface area contributed by atoms with Crippen LogP contribution in [0.1, 0.15) is 0 Å². The summed E-state index contributed by atoms with van der Waals surface area (Å²) in [6.07, 6.45) is 0. The van der Waals surface area contributed by atoms with Crippen LogP contribution >= 0.6 is 23.4 Å². The van der Waals surface area contributed by atoms with E-state index in [1.807, 2.05) is 18.2 Å². The van der Waals surface area contributed by atoms with Gasteiger partial charge in [0.05, 0.1) is 10.8 Å². The molecule has 1 aromatic heterocycles. The summed E-state index contributed by atoms with van der Waals surface area (Å²) in [4.78, 5) is 14.8. The lowest BCUT2D eigenvalue weighted by atomic mass is 10.2. The van der Waals surface area contributed by atoms with Crippen molar-refractivity contribution < 1.29 is 4.79 Å². The van der Waals surface area contributed by atoms with E-state index in [4.69, 9.17) is 17.3 Å². The van der Waals surface area contributed by atoms with Crippen molar-refractivity contribution in [3.05, 3.63) is 29.3 Å². The molecule has 1 aromatic carbocycles. The van der Waals surface area contributed by atoms with Gasteiger partial charge < -0.3 is 5.73 Å². The molecular formula is C10H9ClN4OS. The summed E-state index contributed by atoms with van der Waals surface area (Å²) < 4.78 is 0. The van der Waals surface area contributed by atoms with Gasteiger partial charge in [-0.1, -0.05) is 35.5 Å². The van der Waals surface area contributed by atoms with Crippen molar-refractivity contribution in [1.82, 2.24) is 15.2 Å². The van der Waals surface area contributed by atoms with E-state index in [0.717, 1.165) is 5.56 Å². The maximum Gasteiger partial charge on any atom is 0.227 e. The molecule has 0 radical (unpaired) electrons. The monoisotopic (exact) mass is 268 g/mol. The first-order valence-electron chi connectivity index (χ1n) is 4.75. The highest BCUT2D eigenvalue weighted by Gasteiger charge is 2.09. The second-order valence-corrected chi connectivity index (χ2v) is 4.55. The number of benzene rings is 1. The number of nitrogens with two attached hydrogens (primary N) is 1. The number of H-pyrrole nitrogens is 1. The number of rotatable bonds is 4. The molecule has 0 bridgehead atoms. The molecule has 0 fully saturated rings. The first-order chi connectivity index (χ1) is 8.16. The van der Waals surface area contributed by atoms with Crippen LogP contribution in [0.4, 0.5) is 0 Å². The Morgan fingerprint density at radius 3 is 2.94 bits per heavy atom. The second kappa shape index (κ2) is 5.20. The van der Waals surface area contributed by atoms with Gasteiger partial charge >= 0.3 is 0 Å². The van der Waals surface area contributed by atoms with Crippen LogP contribution in [0.5, 0.6) is 0 Å². The van der Waals surface area contributed by atoms with Crippen molar-refractivity contribution in [2.75, 3.05) is 5.75 Å². The first kappa shape index (κ1) is 11.9. The maximum atomic E-state index is 10.6. The summed E-state index contributed by atoms with van der Waals surface area (Å²) in [5, 5.41) is 7.80. The Balaban J connectivity index is 2.18. The summed E-state index contributed by atoms with van der Waals surface area (Å²) >= 11 is 7.21. The Bertz CT molecular complexity index is 543. The van der Waals surface area contributed by atoms with Crippen LogP contribution in [0.15, 0.2) is 29.4 Å². The molecule has 0 atom stereocenters. The van der Waals surface area contributed by atoms with Gasteiger partial charge in [0, 0.05) is 5.56 Å². The second-order valence-electron chi connectivity index (χ2n) is 3.20. The van der Waals surface area contributed by atoms with Crippen LogP contribution in [0.3, 0.4) is 0 Å². The molecule has 0 unspecified atom stereocenters. The quantitative estimate of drug-likeness (QED) is 0.827. The Hall–Kier alpha value is -1.53. The van der Waals surface area contributed by atoms with Gasteiger partial charge in [-0.3, -0.25) is 9.89 Å². The van der Waals surface area contributed by atoms with Gasteiger partial charge in [0.1, 0.15) is 0 Å². The lowest BCUT2D eigenvalue weighted by molar-refractivity contribution is -0.115. The number of carbonyl (C=O) groups is 1. The van der Waals surface area contributed by atoms with E-state index < -0.39 is 5.91 Å². The number of amides is 1. The summed E-state index contributed by atoms with van der Waals surface area (Å²) in [6.45, 7) is 0. The summed E-state index contributed by atoms with van der Waals surface area (Å²) in [5.41, 5.74) is 5.81. The molecule has 88 valence electrons.